The van der Waals surface area contributed by atoms with Crippen LogP contribution in [-0.2, 0) is 0 Å². The normalized spacial score (nSPS) is 13.3. The highest BCUT2D eigenvalue weighted by Crippen LogP contribution is 1.84. The summed E-state index contributed by atoms with van der Waals surface area (Å²) in [4.78, 5) is 4.09. The molecule has 0 amide bonds. The number of hydrogen-bond acceptors (Lipinski definition) is 1. The van der Waals surface area contributed by atoms with Crippen molar-refractivity contribution in [2.75, 3.05) is 0 Å². The summed E-state index contributed by atoms with van der Waals surface area (Å²) in [6, 6.07) is 2.00. The van der Waals surface area contributed by atoms with Gasteiger partial charge in [-0.25, -0.2) is 0 Å². The van der Waals surface area contributed by atoms with Crippen molar-refractivity contribution in [2.24, 2.45) is 0 Å². The van der Waals surface area contributed by atoms with E-state index in [0.29, 0.717) is 0 Å². The molecule has 1 heterocycles. The SMILES string of the molecule is C=C/C=c1/ccnc/c1=C/CCC. The zero-order chi connectivity index (χ0) is 9.52. The third-order valence-electron chi connectivity index (χ3n) is 1.84. The van der Waals surface area contributed by atoms with E-state index in [-0.39, 0.29) is 0 Å². The smallest absolute Gasteiger partial charge is 0.0343 e. The van der Waals surface area contributed by atoms with Crippen LogP contribution >= 0.6 is 0 Å². The molecule has 0 saturated carbocycles. The Morgan fingerprint density at radius 1 is 1.46 bits per heavy atom. The third-order valence-corrected chi connectivity index (χ3v) is 1.84. The fraction of sp³-hybridized carbons (Fsp3) is 0.250. The molecule has 1 nitrogen and oxygen atoms in total. The molecule has 68 valence electrons. The molecular formula is C12H15N. The van der Waals surface area contributed by atoms with Crippen LogP contribution in [0.2, 0.25) is 0 Å². The molecule has 13 heavy (non-hydrogen) atoms. The van der Waals surface area contributed by atoms with Crippen molar-refractivity contribution in [1.82, 2.24) is 4.98 Å². The van der Waals surface area contributed by atoms with Crippen LogP contribution in [0, 0.1) is 0 Å². The molecule has 0 radical (unpaired) electrons. The lowest BCUT2D eigenvalue weighted by atomic mass is 10.2. The van der Waals surface area contributed by atoms with E-state index in [2.05, 4.69) is 24.6 Å². The number of nitrogens with zero attached hydrogens (tertiary/aromatic N) is 1. The Morgan fingerprint density at radius 2 is 2.31 bits per heavy atom. The van der Waals surface area contributed by atoms with Crippen molar-refractivity contribution in [3.8, 4) is 0 Å². The lowest BCUT2D eigenvalue weighted by Gasteiger charge is -1.89. The second-order valence-corrected chi connectivity index (χ2v) is 2.90. The van der Waals surface area contributed by atoms with Gasteiger partial charge < -0.3 is 0 Å². The molecule has 1 rings (SSSR count). The van der Waals surface area contributed by atoms with Crippen LogP contribution in [0.5, 0.6) is 0 Å². The monoisotopic (exact) mass is 173 g/mol. The van der Waals surface area contributed by atoms with Crippen LogP contribution in [0.3, 0.4) is 0 Å². The Hall–Kier alpha value is -1.37. The van der Waals surface area contributed by atoms with Crippen molar-refractivity contribution in [3.05, 3.63) is 41.6 Å². The maximum absolute atomic E-state index is 4.09. The number of hydrogen-bond donors (Lipinski definition) is 0. The van der Waals surface area contributed by atoms with Gasteiger partial charge in [-0.1, -0.05) is 38.2 Å². The lowest BCUT2D eigenvalue weighted by molar-refractivity contribution is 0.990. The number of pyridine rings is 1. The van der Waals surface area contributed by atoms with Gasteiger partial charge >= 0.3 is 0 Å². The van der Waals surface area contributed by atoms with Crippen LogP contribution < -0.4 is 10.4 Å². The highest BCUT2D eigenvalue weighted by atomic mass is 14.6. The highest BCUT2D eigenvalue weighted by molar-refractivity contribution is 5.37. The van der Waals surface area contributed by atoms with Gasteiger partial charge in [0.25, 0.3) is 0 Å². The Labute approximate surface area is 79.1 Å². The molecule has 1 aromatic rings. The molecule has 0 bridgehead atoms. The largest absolute Gasteiger partial charge is 0.264 e. The highest BCUT2D eigenvalue weighted by Gasteiger charge is 1.82. The lowest BCUT2D eigenvalue weighted by Crippen LogP contribution is -2.24. The third kappa shape index (κ3) is 2.86. The van der Waals surface area contributed by atoms with E-state index in [1.54, 1.807) is 12.3 Å². The average molecular weight is 173 g/mol. The summed E-state index contributed by atoms with van der Waals surface area (Å²) in [6.07, 6.45) is 12.0. The van der Waals surface area contributed by atoms with Crippen molar-refractivity contribution >= 4 is 12.2 Å². The fourth-order valence-electron chi connectivity index (χ4n) is 1.17. The van der Waals surface area contributed by atoms with Gasteiger partial charge in [-0.2, -0.15) is 0 Å². The van der Waals surface area contributed by atoms with E-state index in [0.717, 1.165) is 6.42 Å². The topological polar surface area (TPSA) is 12.9 Å². The molecule has 0 aromatic carbocycles. The van der Waals surface area contributed by atoms with Crippen LogP contribution in [0.25, 0.3) is 12.2 Å². The van der Waals surface area contributed by atoms with E-state index in [4.69, 9.17) is 0 Å². The summed E-state index contributed by atoms with van der Waals surface area (Å²) >= 11 is 0. The van der Waals surface area contributed by atoms with Gasteiger partial charge in [0.1, 0.15) is 0 Å². The summed E-state index contributed by atoms with van der Waals surface area (Å²) < 4.78 is 0. The Kier molecular flexibility index (Phi) is 3.97. The molecule has 0 spiro atoms. The van der Waals surface area contributed by atoms with Gasteiger partial charge in [-0.05, 0) is 22.9 Å². The van der Waals surface area contributed by atoms with E-state index in [1.165, 1.54) is 16.9 Å². The number of allylic oxidation sites excluding steroid dienone is 1. The summed E-state index contributed by atoms with van der Waals surface area (Å²) in [5.74, 6) is 0. The molecule has 0 unspecified atom stereocenters. The quantitative estimate of drug-likeness (QED) is 0.677. The van der Waals surface area contributed by atoms with Crippen molar-refractivity contribution in [2.45, 2.75) is 19.8 Å². The van der Waals surface area contributed by atoms with Crippen molar-refractivity contribution in [3.63, 3.8) is 0 Å². The zero-order valence-electron chi connectivity index (χ0n) is 8.03. The molecular weight excluding hydrogens is 158 g/mol. The van der Waals surface area contributed by atoms with Gasteiger partial charge in [0, 0.05) is 12.4 Å². The molecule has 0 atom stereocenters. The summed E-state index contributed by atoms with van der Waals surface area (Å²) in [6.45, 7) is 5.86. The van der Waals surface area contributed by atoms with Gasteiger partial charge in [-0.15, -0.1) is 0 Å². The predicted octanol–water partition coefficient (Wildman–Crippen LogP) is 1.63. The minimum Gasteiger partial charge on any atom is -0.264 e. The van der Waals surface area contributed by atoms with Crippen LogP contribution in [0.15, 0.2) is 31.1 Å². The van der Waals surface area contributed by atoms with Crippen molar-refractivity contribution in [1.29, 1.82) is 0 Å². The van der Waals surface area contributed by atoms with Crippen LogP contribution in [0.4, 0.5) is 0 Å². The Morgan fingerprint density at radius 3 is 3.00 bits per heavy atom. The zero-order valence-corrected chi connectivity index (χ0v) is 8.03. The van der Waals surface area contributed by atoms with E-state index in [1.807, 2.05) is 18.3 Å². The van der Waals surface area contributed by atoms with Crippen LogP contribution in [0.1, 0.15) is 19.8 Å². The van der Waals surface area contributed by atoms with Gasteiger partial charge in [0.2, 0.25) is 0 Å². The predicted molar refractivity (Wildman–Crippen MR) is 57.5 cm³/mol. The standard InChI is InChI=1S/C12H15N/c1-3-5-7-12-10-13-9-8-11(12)6-4-2/h4,6-10H,2-3,5H2,1H3/b11-6-,12-7-. The molecule has 0 aliphatic heterocycles. The second kappa shape index (κ2) is 5.31. The van der Waals surface area contributed by atoms with Gasteiger partial charge in [0.05, 0.1) is 0 Å². The first-order valence-corrected chi connectivity index (χ1v) is 4.61. The summed E-state index contributed by atoms with van der Waals surface area (Å²) in [5.41, 5.74) is 0. The molecule has 1 aromatic heterocycles. The van der Waals surface area contributed by atoms with E-state index >= 15 is 0 Å². The summed E-state index contributed by atoms with van der Waals surface area (Å²) in [5, 5.41) is 2.39. The van der Waals surface area contributed by atoms with E-state index in [9.17, 15) is 0 Å². The van der Waals surface area contributed by atoms with Gasteiger partial charge in [0.15, 0.2) is 0 Å². The number of aromatic nitrogens is 1. The molecule has 0 saturated heterocycles. The summed E-state index contributed by atoms with van der Waals surface area (Å²) in [7, 11) is 0. The second-order valence-electron chi connectivity index (χ2n) is 2.90. The Balaban J connectivity index is 3.20. The molecule has 0 aliphatic rings. The maximum atomic E-state index is 4.09. The maximum Gasteiger partial charge on any atom is 0.0343 e. The molecule has 0 aliphatic carbocycles. The number of unbranched alkanes of at least 4 members (excludes halogenated alkanes) is 1. The number of rotatable bonds is 3. The van der Waals surface area contributed by atoms with Gasteiger partial charge in [-0.3, -0.25) is 4.98 Å². The van der Waals surface area contributed by atoms with Crippen molar-refractivity contribution < 1.29 is 0 Å². The molecule has 1 heteroatoms. The first-order chi connectivity index (χ1) is 6.38. The molecule has 0 fully saturated rings. The van der Waals surface area contributed by atoms with E-state index < -0.39 is 0 Å². The minimum atomic E-state index is 1.10. The molecule has 0 N–H and O–H groups in total. The van der Waals surface area contributed by atoms with Crippen LogP contribution in [-0.4, -0.2) is 4.98 Å². The fourth-order valence-corrected chi connectivity index (χ4v) is 1.17. The minimum absolute atomic E-state index is 1.10. The first kappa shape index (κ1) is 9.72. The first-order valence-electron chi connectivity index (χ1n) is 4.61. The Bertz CT molecular complexity index is 376. The average Bonchev–Trinajstić information content (AvgIpc) is 2.17.